The molecule has 3 rings (SSSR count). The number of nitrogens with zero attached hydrogens (tertiary/aromatic N) is 1. The Labute approximate surface area is 124 Å². The number of benzene rings is 2. The van der Waals surface area contributed by atoms with Gasteiger partial charge in [0, 0.05) is 5.69 Å². The molecule has 1 N–H and O–H groups in total. The Morgan fingerprint density at radius 3 is 2.59 bits per heavy atom. The Bertz CT molecular complexity index is 837. The maximum absolute atomic E-state index is 12.7. The first kappa shape index (κ1) is 14.4. The van der Waals surface area contributed by atoms with Crippen LogP contribution in [-0.4, -0.2) is 5.16 Å². The molecule has 3 aromatic rings. The van der Waals surface area contributed by atoms with Crippen LogP contribution in [0.25, 0.3) is 11.0 Å². The third kappa shape index (κ3) is 2.52. The van der Waals surface area contributed by atoms with E-state index in [1.165, 1.54) is 6.07 Å². The van der Waals surface area contributed by atoms with Crippen molar-refractivity contribution in [1.29, 1.82) is 0 Å². The van der Waals surface area contributed by atoms with Gasteiger partial charge in [0.25, 0.3) is 0 Å². The molecule has 114 valence electrons. The SMILES string of the molecule is Cc1ccc2c(Nc3cccc(C(F)(F)F)c3)noc2c1C. The third-order valence-electron chi connectivity index (χ3n) is 3.61. The van der Waals surface area contributed by atoms with Crippen molar-refractivity contribution in [1.82, 2.24) is 5.16 Å². The van der Waals surface area contributed by atoms with E-state index in [1.807, 2.05) is 26.0 Å². The number of alkyl halides is 3. The zero-order chi connectivity index (χ0) is 15.9. The fourth-order valence-electron chi connectivity index (χ4n) is 2.23. The molecule has 0 atom stereocenters. The highest BCUT2D eigenvalue weighted by atomic mass is 19.4. The molecule has 0 spiro atoms. The van der Waals surface area contributed by atoms with Gasteiger partial charge in [-0.15, -0.1) is 0 Å². The van der Waals surface area contributed by atoms with Gasteiger partial charge in [-0.05, 0) is 49.2 Å². The molecule has 3 nitrogen and oxygen atoms in total. The number of hydrogen-bond donors (Lipinski definition) is 1. The molecule has 0 aliphatic carbocycles. The molecule has 22 heavy (non-hydrogen) atoms. The lowest BCUT2D eigenvalue weighted by atomic mass is 10.1. The van der Waals surface area contributed by atoms with Gasteiger partial charge in [-0.3, -0.25) is 0 Å². The second-order valence-electron chi connectivity index (χ2n) is 5.12. The van der Waals surface area contributed by atoms with E-state index in [9.17, 15) is 13.2 Å². The van der Waals surface area contributed by atoms with Crippen molar-refractivity contribution in [2.24, 2.45) is 0 Å². The lowest BCUT2D eigenvalue weighted by molar-refractivity contribution is -0.137. The first-order valence-electron chi connectivity index (χ1n) is 6.66. The van der Waals surface area contributed by atoms with Gasteiger partial charge < -0.3 is 9.84 Å². The monoisotopic (exact) mass is 306 g/mol. The van der Waals surface area contributed by atoms with Crippen LogP contribution in [0.3, 0.4) is 0 Å². The molecule has 0 aliphatic rings. The van der Waals surface area contributed by atoms with Gasteiger partial charge in [0.05, 0.1) is 10.9 Å². The van der Waals surface area contributed by atoms with Crippen LogP contribution in [0, 0.1) is 13.8 Å². The number of aryl methyl sites for hydroxylation is 2. The van der Waals surface area contributed by atoms with Crippen LogP contribution in [0.2, 0.25) is 0 Å². The van der Waals surface area contributed by atoms with Gasteiger partial charge in [0.15, 0.2) is 11.4 Å². The van der Waals surface area contributed by atoms with Crippen molar-refractivity contribution >= 4 is 22.5 Å². The Morgan fingerprint density at radius 1 is 1.09 bits per heavy atom. The number of fused-ring (bicyclic) bond motifs is 1. The highest BCUT2D eigenvalue weighted by Crippen LogP contribution is 2.33. The first-order valence-corrected chi connectivity index (χ1v) is 6.66. The summed E-state index contributed by atoms with van der Waals surface area (Å²) in [6, 6.07) is 8.73. The molecule has 0 aliphatic heterocycles. The average molecular weight is 306 g/mol. The first-order chi connectivity index (χ1) is 10.4. The van der Waals surface area contributed by atoms with Crippen LogP contribution >= 0.6 is 0 Å². The molecule has 0 fully saturated rings. The van der Waals surface area contributed by atoms with E-state index in [-0.39, 0.29) is 0 Å². The summed E-state index contributed by atoms with van der Waals surface area (Å²) in [4.78, 5) is 0. The summed E-state index contributed by atoms with van der Waals surface area (Å²) < 4.78 is 43.5. The number of anilines is 2. The third-order valence-corrected chi connectivity index (χ3v) is 3.61. The fourth-order valence-corrected chi connectivity index (χ4v) is 2.23. The molecule has 0 saturated heterocycles. The minimum absolute atomic E-state index is 0.309. The van der Waals surface area contributed by atoms with Gasteiger partial charge in [0.1, 0.15) is 0 Å². The van der Waals surface area contributed by atoms with Crippen LogP contribution < -0.4 is 5.32 Å². The summed E-state index contributed by atoms with van der Waals surface area (Å²) in [5.41, 5.74) is 2.26. The number of nitrogens with one attached hydrogen (secondary N) is 1. The van der Waals surface area contributed by atoms with E-state index >= 15 is 0 Å². The lowest BCUT2D eigenvalue weighted by Gasteiger charge is -2.09. The van der Waals surface area contributed by atoms with Gasteiger partial charge in [-0.25, -0.2) is 0 Å². The Kier molecular flexibility index (Phi) is 3.31. The molecule has 0 saturated carbocycles. The minimum Gasteiger partial charge on any atom is -0.354 e. The van der Waals surface area contributed by atoms with Crippen LogP contribution in [-0.2, 0) is 6.18 Å². The van der Waals surface area contributed by atoms with Crippen molar-refractivity contribution in [2.45, 2.75) is 20.0 Å². The van der Waals surface area contributed by atoms with Crippen LogP contribution in [0.15, 0.2) is 40.9 Å². The summed E-state index contributed by atoms with van der Waals surface area (Å²) in [7, 11) is 0. The smallest absolute Gasteiger partial charge is 0.354 e. The largest absolute Gasteiger partial charge is 0.416 e. The molecule has 0 amide bonds. The standard InChI is InChI=1S/C16H13F3N2O/c1-9-6-7-13-14(10(9)2)22-21-15(13)20-12-5-3-4-11(8-12)16(17,18)19/h3-8H,1-2H3,(H,20,21). The van der Waals surface area contributed by atoms with Crippen molar-refractivity contribution in [3.63, 3.8) is 0 Å². The van der Waals surface area contributed by atoms with Crippen molar-refractivity contribution < 1.29 is 17.7 Å². The zero-order valence-electron chi connectivity index (χ0n) is 12.0. The highest BCUT2D eigenvalue weighted by molar-refractivity contribution is 5.92. The Balaban J connectivity index is 1.99. The van der Waals surface area contributed by atoms with Gasteiger partial charge in [-0.1, -0.05) is 17.3 Å². The molecule has 0 radical (unpaired) electrons. The summed E-state index contributed by atoms with van der Waals surface area (Å²) in [5.74, 6) is 0.400. The van der Waals surface area contributed by atoms with Crippen molar-refractivity contribution in [3.8, 4) is 0 Å². The molecule has 1 aromatic heterocycles. The fraction of sp³-hybridized carbons (Fsp3) is 0.188. The summed E-state index contributed by atoms with van der Waals surface area (Å²) in [6.07, 6.45) is -4.38. The molecule has 0 unspecified atom stereocenters. The average Bonchev–Trinajstić information content (AvgIpc) is 2.86. The molecule has 6 heteroatoms. The van der Waals surface area contributed by atoms with Gasteiger partial charge in [0.2, 0.25) is 0 Å². The van der Waals surface area contributed by atoms with Gasteiger partial charge >= 0.3 is 6.18 Å². The molecule has 2 aromatic carbocycles. The highest BCUT2D eigenvalue weighted by Gasteiger charge is 2.30. The second-order valence-corrected chi connectivity index (χ2v) is 5.12. The molecule has 0 bridgehead atoms. The second kappa shape index (κ2) is 5.05. The number of halogens is 3. The van der Waals surface area contributed by atoms with Crippen LogP contribution in [0.4, 0.5) is 24.7 Å². The molecular weight excluding hydrogens is 293 g/mol. The van der Waals surface area contributed by atoms with E-state index in [2.05, 4.69) is 10.5 Å². The number of rotatable bonds is 2. The normalized spacial score (nSPS) is 11.9. The zero-order valence-corrected chi connectivity index (χ0v) is 12.0. The van der Waals surface area contributed by atoms with E-state index < -0.39 is 11.7 Å². The van der Waals surface area contributed by atoms with Crippen LogP contribution in [0.5, 0.6) is 0 Å². The Hall–Kier alpha value is -2.50. The maximum atomic E-state index is 12.7. The summed E-state index contributed by atoms with van der Waals surface area (Å²) >= 11 is 0. The lowest BCUT2D eigenvalue weighted by Crippen LogP contribution is -2.05. The molecule has 1 heterocycles. The van der Waals surface area contributed by atoms with E-state index in [1.54, 1.807) is 6.07 Å². The predicted molar refractivity (Wildman–Crippen MR) is 78.2 cm³/mol. The summed E-state index contributed by atoms with van der Waals surface area (Å²) in [5, 5.41) is 7.53. The Morgan fingerprint density at radius 2 is 1.86 bits per heavy atom. The van der Waals surface area contributed by atoms with E-state index in [4.69, 9.17) is 4.52 Å². The molecular formula is C16H13F3N2O. The quantitative estimate of drug-likeness (QED) is 0.706. The van der Waals surface area contributed by atoms with E-state index in [0.29, 0.717) is 17.1 Å². The van der Waals surface area contributed by atoms with Crippen molar-refractivity contribution in [2.75, 3.05) is 5.32 Å². The topological polar surface area (TPSA) is 38.1 Å². The minimum atomic E-state index is -4.38. The number of hydrogen-bond acceptors (Lipinski definition) is 3. The maximum Gasteiger partial charge on any atom is 0.416 e. The number of aromatic nitrogens is 1. The van der Waals surface area contributed by atoms with Crippen molar-refractivity contribution in [3.05, 3.63) is 53.1 Å². The predicted octanol–water partition coefficient (Wildman–Crippen LogP) is 5.21. The summed E-state index contributed by atoms with van der Waals surface area (Å²) in [6.45, 7) is 3.87. The van der Waals surface area contributed by atoms with Crippen LogP contribution in [0.1, 0.15) is 16.7 Å². The van der Waals surface area contributed by atoms with E-state index in [0.717, 1.165) is 28.6 Å². The van der Waals surface area contributed by atoms with Gasteiger partial charge in [-0.2, -0.15) is 13.2 Å².